The average Bonchev–Trinajstić information content (AvgIpc) is 2.68. The van der Waals surface area contributed by atoms with Crippen molar-refractivity contribution in [3.63, 3.8) is 0 Å². The molecule has 67 valence electrons. The highest BCUT2D eigenvalue weighted by Gasteiger charge is 2.01. The summed E-state index contributed by atoms with van der Waals surface area (Å²) in [5.41, 5.74) is 1.01. The van der Waals surface area contributed by atoms with E-state index in [0.29, 0.717) is 0 Å². The Labute approximate surface area is 86.7 Å². The van der Waals surface area contributed by atoms with E-state index in [2.05, 4.69) is 28.7 Å². The molecule has 0 aliphatic rings. The standard InChI is InChI=1S/C11H7N2S/c1-2-4-10-7-9(8-14-10)11-12-5-3-6-13-11/h3,5-8H,1H2. The SMILES string of the molecule is [CH2]C#Cc1cc(-c2ncccn2)cs1. The maximum atomic E-state index is 4.15. The molecule has 2 heterocycles. The quantitative estimate of drug-likeness (QED) is 0.659. The largest absolute Gasteiger partial charge is 0.237 e. The number of aromatic nitrogens is 2. The average molecular weight is 199 g/mol. The van der Waals surface area contributed by atoms with Crippen LogP contribution < -0.4 is 0 Å². The Hall–Kier alpha value is -1.66. The summed E-state index contributed by atoms with van der Waals surface area (Å²) in [6.07, 6.45) is 3.46. The fourth-order valence-corrected chi connectivity index (χ4v) is 1.81. The van der Waals surface area contributed by atoms with Crippen LogP contribution in [-0.4, -0.2) is 9.97 Å². The summed E-state index contributed by atoms with van der Waals surface area (Å²) in [6, 6.07) is 3.77. The predicted molar refractivity (Wildman–Crippen MR) is 57.6 cm³/mol. The first-order chi connectivity index (χ1) is 6.90. The molecule has 0 unspecified atom stereocenters. The zero-order chi connectivity index (χ0) is 9.80. The zero-order valence-corrected chi connectivity index (χ0v) is 8.21. The molecule has 2 nitrogen and oxygen atoms in total. The molecule has 2 rings (SSSR count). The summed E-state index contributed by atoms with van der Waals surface area (Å²) in [5.74, 6) is 6.25. The highest BCUT2D eigenvalue weighted by Crippen LogP contribution is 2.21. The molecule has 2 aromatic heterocycles. The second-order valence-electron chi connectivity index (χ2n) is 2.57. The van der Waals surface area contributed by atoms with Crippen molar-refractivity contribution in [2.24, 2.45) is 0 Å². The molecule has 0 N–H and O–H groups in total. The topological polar surface area (TPSA) is 25.8 Å². The third kappa shape index (κ3) is 1.81. The van der Waals surface area contributed by atoms with Gasteiger partial charge in [-0.3, -0.25) is 0 Å². The second-order valence-corrected chi connectivity index (χ2v) is 3.49. The molecular formula is C11H7N2S. The maximum Gasteiger partial charge on any atom is 0.159 e. The van der Waals surface area contributed by atoms with Crippen LogP contribution in [0.2, 0.25) is 0 Å². The minimum atomic E-state index is 0.737. The Morgan fingerprint density at radius 3 is 2.79 bits per heavy atom. The van der Waals surface area contributed by atoms with Gasteiger partial charge in [-0.1, -0.05) is 11.8 Å². The van der Waals surface area contributed by atoms with E-state index in [1.54, 1.807) is 29.8 Å². The van der Waals surface area contributed by atoms with Crippen LogP contribution in [0.5, 0.6) is 0 Å². The molecule has 0 amide bonds. The van der Waals surface area contributed by atoms with Crippen molar-refractivity contribution < 1.29 is 0 Å². The van der Waals surface area contributed by atoms with E-state index >= 15 is 0 Å². The van der Waals surface area contributed by atoms with Crippen LogP contribution in [0.3, 0.4) is 0 Å². The van der Waals surface area contributed by atoms with Crippen molar-refractivity contribution in [3.05, 3.63) is 41.7 Å². The van der Waals surface area contributed by atoms with Crippen LogP contribution in [0.4, 0.5) is 0 Å². The van der Waals surface area contributed by atoms with Gasteiger partial charge in [0, 0.05) is 30.3 Å². The molecular weight excluding hydrogens is 192 g/mol. The van der Waals surface area contributed by atoms with E-state index in [4.69, 9.17) is 0 Å². The first-order valence-corrected chi connectivity index (χ1v) is 4.92. The fourth-order valence-electron chi connectivity index (χ4n) is 1.05. The summed E-state index contributed by atoms with van der Waals surface area (Å²) < 4.78 is 0. The van der Waals surface area contributed by atoms with Crippen LogP contribution in [0.15, 0.2) is 29.9 Å². The van der Waals surface area contributed by atoms with Crippen LogP contribution >= 0.6 is 11.3 Å². The van der Waals surface area contributed by atoms with Crippen LogP contribution in [0.1, 0.15) is 4.88 Å². The highest BCUT2D eigenvalue weighted by molar-refractivity contribution is 7.11. The first-order valence-electron chi connectivity index (χ1n) is 4.04. The molecule has 0 atom stereocenters. The van der Waals surface area contributed by atoms with E-state index in [1.165, 1.54) is 0 Å². The molecule has 3 heteroatoms. The molecule has 0 aliphatic carbocycles. The van der Waals surface area contributed by atoms with E-state index in [1.807, 2.05) is 11.4 Å². The van der Waals surface area contributed by atoms with Crippen molar-refractivity contribution in [2.45, 2.75) is 0 Å². The van der Waals surface area contributed by atoms with Gasteiger partial charge < -0.3 is 0 Å². The van der Waals surface area contributed by atoms with Gasteiger partial charge >= 0.3 is 0 Å². The van der Waals surface area contributed by atoms with Gasteiger partial charge in [-0.15, -0.1) is 11.3 Å². The van der Waals surface area contributed by atoms with E-state index in [9.17, 15) is 0 Å². The van der Waals surface area contributed by atoms with Gasteiger partial charge in [-0.05, 0) is 12.1 Å². The van der Waals surface area contributed by atoms with Crippen molar-refractivity contribution in [1.29, 1.82) is 0 Å². The van der Waals surface area contributed by atoms with Gasteiger partial charge in [0.25, 0.3) is 0 Å². The van der Waals surface area contributed by atoms with Gasteiger partial charge in [0.15, 0.2) is 5.82 Å². The molecule has 2 aromatic rings. The Bertz CT molecular complexity index is 477. The van der Waals surface area contributed by atoms with E-state index in [-0.39, 0.29) is 0 Å². The number of hydrogen-bond donors (Lipinski definition) is 0. The van der Waals surface area contributed by atoms with Crippen LogP contribution in [-0.2, 0) is 0 Å². The lowest BCUT2D eigenvalue weighted by Gasteiger charge is -1.91. The smallest absolute Gasteiger partial charge is 0.159 e. The summed E-state index contributed by atoms with van der Waals surface area (Å²) in [6.45, 7) is 3.48. The highest BCUT2D eigenvalue weighted by atomic mass is 32.1. The van der Waals surface area contributed by atoms with Gasteiger partial charge in [-0.25, -0.2) is 9.97 Å². The van der Waals surface area contributed by atoms with E-state index in [0.717, 1.165) is 16.3 Å². The summed E-state index contributed by atoms with van der Waals surface area (Å²) in [5, 5.41) is 2.00. The number of hydrogen-bond acceptors (Lipinski definition) is 3. The minimum absolute atomic E-state index is 0.737. The van der Waals surface area contributed by atoms with Crippen LogP contribution in [0, 0.1) is 18.8 Å². The summed E-state index contributed by atoms with van der Waals surface area (Å²) >= 11 is 1.58. The van der Waals surface area contributed by atoms with Gasteiger partial charge in [-0.2, -0.15) is 0 Å². The molecule has 0 aromatic carbocycles. The lowest BCUT2D eigenvalue weighted by atomic mass is 10.3. The Balaban J connectivity index is 2.37. The van der Waals surface area contributed by atoms with Crippen molar-refractivity contribution >= 4 is 11.3 Å². The minimum Gasteiger partial charge on any atom is -0.237 e. The van der Waals surface area contributed by atoms with Gasteiger partial charge in [0.2, 0.25) is 0 Å². The lowest BCUT2D eigenvalue weighted by Crippen LogP contribution is -1.83. The molecule has 1 radical (unpaired) electrons. The molecule has 0 saturated heterocycles. The second kappa shape index (κ2) is 4.03. The van der Waals surface area contributed by atoms with E-state index < -0.39 is 0 Å². The number of thiophene rings is 1. The van der Waals surface area contributed by atoms with Crippen molar-refractivity contribution in [3.8, 4) is 23.2 Å². The predicted octanol–water partition coefficient (Wildman–Crippen LogP) is 2.39. The number of rotatable bonds is 1. The Kier molecular flexibility index (Phi) is 2.57. The first kappa shape index (κ1) is 8.92. The monoisotopic (exact) mass is 199 g/mol. The molecule has 0 fully saturated rings. The zero-order valence-electron chi connectivity index (χ0n) is 7.40. The normalized spacial score (nSPS) is 9.21. The Morgan fingerprint density at radius 2 is 2.07 bits per heavy atom. The summed E-state index contributed by atoms with van der Waals surface area (Å²) in [4.78, 5) is 9.30. The maximum absolute atomic E-state index is 4.15. The van der Waals surface area contributed by atoms with Crippen molar-refractivity contribution in [2.75, 3.05) is 0 Å². The Morgan fingerprint density at radius 1 is 1.29 bits per heavy atom. The lowest BCUT2D eigenvalue weighted by molar-refractivity contribution is 1.18. The molecule has 0 bridgehead atoms. The summed E-state index contributed by atoms with van der Waals surface area (Å²) in [7, 11) is 0. The third-order valence-electron chi connectivity index (χ3n) is 1.64. The number of nitrogens with zero attached hydrogens (tertiary/aromatic N) is 2. The van der Waals surface area contributed by atoms with Crippen molar-refractivity contribution in [1.82, 2.24) is 9.97 Å². The molecule has 0 saturated carbocycles. The molecule has 0 spiro atoms. The van der Waals surface area contributed by atoms with Gasteiger partial charge in [0.05, 0.1) is 4.88 Å². The fraction of sp³-hybridized carbons (Fsp3) is 0. The van der Waals surface area contributed by atoms with Gasteiger partial charge in [0.1, 0.15) is 0 Å². The van der Waals surface area contributed by atoms with Crippen LogP contribution in [0.25, 0.3) is 11.4 Å². The third-order valence-corrected chi connectivity index (χ3v) is 2.48. The molecule has 14 heavy (non-hydrogen) atoms. The molecule has 0 aliphatic heterocycles.